The summed E-state index contributed by atoms with van der Waals surface area (Å²) in [6, 6.07) is 4.35. The van der Waals surface area contributed by atoms with Crippen molar-refractivity contribution >= 4 is 43.3 Å². The summed E-state index contributed by atoms with van der Waals surface area (Å²) < 4.78 is 27.9. The summed E-state index contributed by atoms with van der Waals surface area (Å²) in [4.78, 5) is 5.43. The molecule has 0 fully saturated rings. The number of nitrogen functional groups attached to an aromatic ring is 1. The number of benzene rings is 1. The highest BCUT2D eigenvalue weighted by Gasteiger charge is 2.28. The number of anilines is 2. The molecule has 0 bridgehead atoms. The van der Waals surface area contributed by atoms with Gasteiger partial charge in [0.15, 0.2) is 0 Å². The van der Waals surface area contributed by atoms with Crippen LogP contribution in [0.15, 0.2) is 35.1 Å². The molecule has 0 radical (unpaired) electrons. The summed E-state index contributed by atoms with van der Waals surface area (Å²) in [7, 11) is 1.74. The van der Waals surface area contributed by atoms with E-state index in [4.69, 9.17) is 5.73 Å². The van der Waals surface area contributed by atoms with E-state index in [0.717, 1.165) is 0 Å². The number of halogens is 3. The molecular weight excluding hydrogens is 363 g/mol. The number of alkyl halides is 3. The number of nitrogens with two attached hydrogens (primary N) is 1. The summed E-state index contributed by atoms with van der Waals surface area (Å²) >= 11 is -1.48. The molecule has 19 heavy (non-hydrogen) atoms. The Bertz CT molecular complexity index is 527. The molecule has 0 amide bonds. The standard InChI is InChI=1S/C13H16F2IN3/c1-9(18-3)8-19(4)12-6-10(5-11(17)7-12)13(14,15)16-2/h5-8H,2-3,17H2,1,4H3/b9-8-. The number of nitrogens with zero attached hydrogens (tertiary/aromatic N) is 2. The van der Waals surface area contributed by atoms with Gasteiger partial charge < -0.3 is 10.6 Å². The zero-order valence-corrected chi connectivity index (χ0v) is 13.0. The first-order valence-corrected chi connectivity index (χ1v) is 7.97. The second-order valence-electron chi connectivity index (χ2n) is 3.98. The molecule has 0 spiro atoms. The fourth-order valence-corrected chi connectivity index (χ4v) is 2.23. The van der Waals surface area contributed by atoms with Crippen LogP contribution >= 0.6 is 20.7 Å². The smallest absolute Gasteiger partial charge is 0.316 e. The highest BCUT2D eigenvalue weighted by molar-refractivity contribution is 14.2. The average molecular weight is 379 g/mol. The summed E-state index contributed by atoms with van der Waals surface area (Å²) in [5.74, 6) is 0. The Morgan fingerprint density at radius 3 is 2.63 bits per heavy atom. The third kappa shape index (κ3) is 4.09. The molecule has 0 aliphatic rings. The van der Waals surface area contributed by atoms with Gasteiger partial charge in [-0.1, -0.05) is 4.51 Å². The summed E-state index contributed by atoms with van der Waals surface area (Å²) in [5, 5.41) is 0. The minimum atomic E-state index is -2.88. The lowest BCUT2D eigenvalue weighted by Gasteiger charge is -2.19. The van der Waals surface area contributed by atoms with Gasteiger partial charge in [0, 0.05) is 30.2 Å². The molecule has 1 rings (SSSR count). The van der Waals surface area contributed by atoms with Crippen LogP contribution in [0.1, 0.15) is 12.5 Å². The van der Waals surface area contributed by atoms with Crippen molar-refractivity contribution in [3.05, 3.63) is 35.7 Å². The van der Waals surface area contributed by atoms with Gasteiger partial charge in [-0.15, -0.1) is 0 Å². The number of aliphatic imine (C=N–C) groups is 1. The summed E-state index contributed by atoms with van der Waals surface area (Å²) in [5.41, 5.74) is 7.16. The molecule has 1 aromatic rings. The molecule has 2 N–H and O–H groups in total. The van der Waals surface area contributed by atoms with Crippen molar-refractivity contribution in [2.24, 2.45) is 4.99 Å². The van der Waals surface area contributed by atoms with Crippen molar-refractivity contribution in [3.63, 3.8) is 0 Å². The quantitative estimate of drug-likeness (QED) is 0.367. The Balaban J connectivity index is 3.24. The van der Waals surface area contributed by atoms with E-state index >= 15 is 0 Å². The van der Waals surface area contributed by atoms with Gasteiger partial charge in [0.05, 0.1) is 5.70 Å². The maximum atomic E-state index is 13.7. The molecule has 0 saturated heterocycles. The normalized spacial score (nSPS) is 12.3. The lowest BCUT2D eigenvalue weighted by atomic mass is 10.1. The number of allylic oxidation sites excluding steroid dienone is 1. The molecule has 104 valence electrons. The molecule has 0 aliphatic heterocycles. The van der Waals surface area contributed by atoms with Crippen molar-refractivity contribution < 1.29 is 8.78 Å². The van der Waals surface area contributed by atoms with E-state index in [0.29, 0.717) is 17.1 Å². The SMILES string of the molecule is C=N/C(C)=C\N(C)c1cc(N)cc(C(F)(F)I=C)c1. The Morgan fingerprint density at radius 1 is 1.47 bits per heavy atom. The minimum absolute atomic E-state index is 0.0882. The predicted molar refractivity (Wildman–Crippen MR) is 87.6 cm³/mol. The molecule has 0 aliphatic carbocycles. The van der Waals surface area contributed by atoms with E-state index < -0.39 is 24.7 Å². The largest absolute Gasteiger partial charge is 0.399 e. The maximum absolute atomic E-state index is 13.7. The van der Waals surface area contributed by atoms with Crippen molar-refractivity contribution in [1.82, 2.24) is 0 Å². The van der Waals surface area contributed by atoms with Gasteiger partial charge in [-0.05, 0) is 52.6 Å². The predicted octanol–water partition coefficient (Wildman–Crippen LogP) is 3.72. The number of hydrogen-bond acceptors (Lipinski definition) is 3. The van der Waals surface area contributed by atoms with Gasteiger partial charge in [0.2, 0.25) is 0 Å². The van der Waals surface area contributed by atoms with Crippen molar-refractivity contribution in [2.75, 3.05) is 17.7 Å². The first kappa shape index (κ1) is 15.7. The molecule has 1 aromatic carbocycles. The highest BCUT2D eigenvalue weighted by Crippen LogP contribution is 2.40. The zero-order valence-electron chi connectivity index (χ0n) is 10.8. The molecular formula is C13H16F2IN3. The van der Waals surface area contributed by atoms with Gasteiger partial charge in [-0.3, -0.25) is 4.99 Å². The van der Waals surface area contributed by atoms with E-state index in [9.17, 15) is 8.78 Å². The van der Waals surface area contributed by atoms with Crippen LogP contribution in [-0.2, 0) is 3.93 Å². The molecule has 3 nitrogen and oxygen atoms in total. The Hall–Kier alpha value is -1.31. The van der Waals surface area contributed by atoms with Crippen LogP contribution < -0.4 is 10.6 Å². The lowest BCUT2D eigenvalue weighted by molar-refractivity contribution is 0.127. The fourth-order valence-electron chi connectivity index (χ4n) is 1.47. The topological polar surface area (TPSA) is 41.6 Å². The molecule has 6 heteroatoms. The van der Waals surface area contributed by atoms with Gasteiger partial charge in [0.1, 0.15) is 0 Å². The molecule has 0 atom stereocenters. The zero-order chi connectivity index (χ0) is 14.6. The fraction of sp³-hybridized carbons (Fsp3) is 0.231. The Kier molecular flexibility index (Phi) is 5.16. The number of rotatable bonds is 5. The van der Waals surface area contributed by atoms with Crippen LogP contribution in [0.3, 0.4) is 0 Å². The van der Waals surface area contributed by atoms with E-state index in [-0.39, 0.29) is 5.56 Å². The van der Waals surface area contributed by atoms with Crippen LogP contribution in [-0.4, -0.2) is 18.3 Å². The molecule has 0 aromatic heterocycles. The third-order valence-electron chi connectivity index (χ3n) is 2.47. The monoisotopic (exact) mass is 379 g/mol. The average Bonchev–Trinajstić information content (AvgIpc) is 2.37. The van der Waals surface area contributed by atoms with E-state index in [1.807, 2.05) is 0 Å². The van der Waals surface area contributed by atoms with Gasteiger partial charge in [-0.2, -0.15) is 8.78 Å². The van der Waals surface area contributed by atoms with Gasteiger partial charge >= 0.3 is 3.93 Å². The second-order valence-corrected chi connectivity index (χ2v) is 6.10. The van der Waals surface area contributed by atoms with E-state index in [1.165, 1.54) is 12.1 Å². The Labute approximate surface area is 121 Å². The van der Waals surface area contributed by atoms with Crippen molar-refractivity contribution in [2.45, 2.75) is 10.9 Å². The van der Waals surface area contributed by atoms with Gasteiger partial charge in [0.25, 0.3) is 0 Å². The van der Waals surface area contributed by atoms with Crippen LogP contribution in [0.4, 0.5) is 20.2 Å². The van der Waals surface area contributed by atoms with Crippen LogP contribution in [0, 0.1) is 0 Å². The number of hydrogen-bond donors (Lipinski definition) is 1. The molecule has 0 unspecified atom stereocenters. The lowest BCUT2D eigenvalue weighted by Crippen LogP contribution is -2.12. The summed E-state index contributed by atoms with van der Waals surface area (Å²) in [6.07, 6.45) is 1.70. The van der Waals surface area contributed by atoms with E-state index in [1.54, 1.807) is 31.1 Å². The van der Waals surface area contributed by atoms with Crippen LogP contribution in [0.2, 0.25) is 0 Å². The van der Waals surface area contributed by atoms with Crippen LogP contribution in [0.25, 0.3) is 0 Å². The second kappa shape index (κ2) is 6.23. The molecule has 0 heterocycles. The minimum Gasteiger partial charge on any atom is -0.399 e. The molecule has 0 saturated carbocycles. The van der Waals surface area contributed by atoms with E-state index in [2.05, 4.69) is 16.2 Å². The van der Waals surface area contributed by atoms with Crippen LogP contribution in [0.5, 0.6) is 0 Å². The summed E-state index contributed by atoms with van der Waals surface area (Å²) in [6.45, 7) is 5.17. The van der Waals surface area contributed by atoms with Crippen molar-refractivity contribution in [1.29, 1.82) is 0 Å². The van der Waals surface area contributed by atoms with Gasteiger partial charge in [-0.25, -0.2) is 0 Å². The third-order valence-corrected chi connectivity index (χ3v) is 4.05. The first-order valence-electron chi connectivity index (χ1n) is 5.36. The first-order chi connectivity index (χ1) is 8.80. The Morgan fingerprint density at radius 2 is 2.11 bits per heavy atom. The van der Waals surface area contributed by atoms with Crippen molar-refractivity contribution in [3.8, 4) is 0 Å². The highest BCUT2D eigenvalue weighted by atomic mass is 127. The maximum Gasteiger partial charge on any atom is 0.316 e.